The third-order valence-corrected chi connectivity index (χ3v) is 11.3. The molecule has 1 aliphatic carbocycles. The van der Waals surface area contributed by atoms with Crippen molar-refractivity contribution in [2.45, 2.75) is 188 Å². The SMILES string of the molecule is CCCCCCCCN(CCCCCCCC)c1cc(CO)c(C=C2C(OC)=CC(=[N+](CCCCCCCC)CCCCCCCC)C=C2OC)c(OC)c1. The molecule has 6 heteroatoms. The number of methoxy groups -OCH3 is 3. The molecule has 1 aliphatic rings. The van der Waals surface area contributed by atoms with E-state index in [1.54, 1.807) is 21.3 Å². The second kappa shape index (κ2) is 31.4. The molecule has 2 rings (SSSR count). The van der Waals surface area contributed by atoms with Gasteiger partial charge in [0, 0.05) is 43.2 Å². The normalized spacial score (nSPS) is 12.8. The standard InChI is InChI=1S/C49H85N2O4/c1-8-12-16-20-24-28-32-50(33-29-25-21-17-13-9-2)43-36-42(41-52)45(47(37-43)53-5)40-46-48(54-6)38-44(39-49(46)55-7)51(34-30-26-22-18-14-10-3)35-31-27-23-19-15-11-4/h36-40,52H,8-35,41H2,1-7H3/q+1. The number of anilines is 1. The number of nitrogens with zero attached hydrogens (tertiary/aromatic N) is 2. The van der Waals surface area contributed by atoms with E-state index in [1.807, 2.05) is 0 Å². The highest BCUT2D eigenvalue weighted by Crippen LogP contribution is 2.36. The molecule has 0 amide bonds. The Morgan fingerprint density at radius 2 is 0.964 bits per heavy atom. The van der Waals surface area contributed by atoms with Crippen LogP contribution in [-0.2, 0) is 16.1 Å². The van der Waals surface area contributed by atoms with Crippen molar-refractivity contribution in [2.24, 2.45) is 0 Å². The molecule has 0 aromatic heterocycles. The lowest BCUT2D eigenvalue weighted by molar-refractivity contribution is -0.527. The quantitative estimate of drug-likeness (QED) is 0.0559. The number of allylic oxidation sites excluding steroid dienone is 2. The van der Waals surface area contributed by atoms with Crippen LogP contribution in [0.3, 0.4) is 0 Å². The van der Waals surface area contributed by atoms with Gasteiger partial charge in [-0.05, 0) is 43.4 Å². The Morgan fingerprint density at radius 1 is 0.545 bits per heavy atom. The Balaban J connectivity index is 2.45. The van der Waals surface area contributed by atoms with Crippen molar-refractivity contribution in [2.75, 3.05) is 52.4 Å². The van der Waals surface area contributed by atoms with Crippen LogP contribution < -0.4 is 9.64 Å². The van der Waals surface area contributed by atoms with E-state index in [1.165, 1.54) is 154 Å². The fraction of sp³-hybridized carbons (Fsp3) is 0.735. The molecule has 0 unspecified atom stereocenters. The van der Waals surface area contributed by atoms with Gasteiger partial charge in [0.25, 0.3) is 0 Å². The molecule has 0 bridgehead atoms. The number of hydrogen-bond donors (Lipinski definition) is 1. The highest BCUT2D eigenvalue weighted by atomic mass is 16.5. The summed E-state index contributed by atoms with van der Waals surface area (Å²) in [6, 6.07) is 4.35. The first kappa shape index (κ1) is 48.4. The molecule has 0 atom stereocenters. The highest BCUT2D eigenvalue weighted by molar-refractivity contribution is 6.04. The number of hydrogen-bond acceptors (Lipinski definition) is 5. The molecule has 0 aliphatic heterocycles. The average molecular weight is 766 g/mol. The number of benzene rings is 1. The molecular weight excluding hydrogens is 681 g/mol. The van der Waals surface area contributed by atoms with E-state index in [2.05, 4.69) is 67.5 Å². The van der Waals surface area contributed by atoms with Crippen LogP contribution in [0, 0.1) is 0 Å². The van der Waals surface area contributed by atoms with E-state index in [-0.39, 0.29) is 6.61 Å². The number of ether oxygens (including phenoxy) is 3. The third-order valence-electron chi connectivity index (χ3n) is 11.3. The fourth-order valence-corrected chi connectivity index (χ4v) is 7.78. The van der Waals surface area contributed by atoms with Crippen molar-refractivity contribution in [3.63, 3.8) is 0 Å². The molecule has 6 nitrogen and oxygen atoms in total. The predicted molar refractivity (Wildman–Crippen MR) is 238 cm³/mol. The van der Waals surface area contributed by atoms with Crippen LogP contribution in [0.25, 0.3) is 6.08 Å². The summed E-state index contributed by atoms with van der Waals surface area (Å²) in [6.07, 6.45) is 37.2. The van der Waals surface area contributed by atoms with Gasteiger partial charge in [-0.1, -0.05) is 143 Å². The summed E-state index contributed by atoms with van der Waals surface area (Å²) < 4.78 is 20.9. The van der Waals surface area contributed by atoms with E-state index in [0.29, 0.717) is 0 Å². The minimum atomic E-state index is -0.0785. The molecule has 0 radical (unpaired) electrons. The molecule has 0 spiro atoms. The van der Waals surface area contributed by atoms with Gasteiger partial charge in [-0.25, -0.2) is 4.58 Å². The van der Waals surface area contributed by atoms with Gasteiger partial charge in [0.1, 0.15) is 30.4 Å². The second-order valence-corrected chi connectivity index (χ2v) is 15.8. The maximum absolute atomic E-state index is 10.8. The number of aliphatic hydroxyl groups is 1. The summed E-state index contributed by atoms with van der Waals surface area (Å²) in [4.78, 5) is 2.53. The fourth-order valence-electron chi connectivity index (χ4n) is 7.78. The first-order valence-corrected chi connectivity index (χ1v) is 22.9. The van der Waals surface area contributed by atoms with E-state index in [9.17, 15) is 5.11 Å². The zero-order chi connectivity index (χ0) is 39.9. The lowest BCUT2D eigenvalue weighted by Crippen LogP contribution is -2.26. The molecule has 0 fully saturated rings. The molecule has 1 N–H and O–H groups in total. The third kappa shape index (κ3) is 18.8. The van der Waals surface area contributed by atoms with Gasteiger partial charge in [0.2, 0.25) is 5.71 Å². The van der Waals surface area contributed by atoms with E-state index < -0.39 is 0 Å². The molecular formula is C49H85N2O4+. The molecule has 0 heterocycles. The molecule has 314 valence electrons. The zero-order valence-electron chi connectivity index (χ0n) is 37.0. The van der Waals surface area contributed by atoms with Gasteiger partial charge in [-0.2, -0.15) is 0 Å². The van der Waals surface area contributed by atoms with Gasteiger partial charge in [0.05, 0.1) is 45.7 Å². The lowest BCUT2D eigenvalue weighted by atomic mass is 9.97. The Kier molecular flexibility index (Phi) is 27.6. The smallest absolute Gasteiger partial charge is 0.207 e. The van der Waals surface area contributed by atoms with Gasteiger partial charge < -0.3 is 24.2 Å². The molecule has 0 saturated heterocycles. The van der Waals surface area contributed by atoms with E-state index >= 15 is 0 Å². The Morgan fingerprint density at radius 3 is 1.36 bits per heavy atom. The summed E-state index contributed by atoms with van der Waals surface area (Å²) >= 11 is 0. The monoisotopic (exact) mass is 766 g/mol. The van der Waals surface area contributed by atoms with Crippen molar-refractivity contribution >= 4 is 17.5 Å². The van der Waals surface area contributed by atoms with Crippen LogP contribution in [0.4, 0.5) is 5.69 Å². The molecule has 55 heavy (non-hydrogen) atoms. The van der Waals surface area contributed by atoms with Crippen LogP contribution in [0.5, 0.6) is 5.75 Å². The summed E-state index contributed by atoms with van der Waals surface area (Å²) in [5.74, 6) is 2.31. The largest absolute Gasteiger partial charge is 0.496 e. The molecule has 0 saturated carbocycles. The first-order valence-electron chi connectivity index (χ1n) is 22.9. The summed E-state index contributed by atoms with van der Waals surface area (Å²) in [5, 5.41) is 10.8. The van der Waals surface area contributed by atoms with Gasteiger partial charge in [-0.3, -0.25) is 0 Å². The van der Waals surface area contributed by atoms with Gasteiger partial charge in [-0.15, -0.1) is 0 Å². The van der Waals surface area contributed by atoms with E-state index in [0.717, 1.165) is 71.5 Å². The number of aliphatic hydroxyl groups excluding tert-OH is 1. The van der Waals surface area contributed by atoms with Crippen molar-refractivity contribution in [1.29, 1.82) is 0 Å². The van der Waals surface area contributed by atoms with Crippen LogP contribution in [0.2, 0.25) is 0 Å². The van der Waals surface area contributed by atoms with Crippen LogP contribution in [0.15, 0.2) is 41.4 Å². The maximum atomic E-state index is 10.8. The summed E-state index contributed by atoms with van der Waals surface area (Å²) in [7, 11) is 5.23. The number of unbranched alkanes of at least 4 members (excludes halogenated alkanes) is 20. The molecule has 1 aromatic rings. The van der Waals surface area contributed by atoms with Crippen LogP contribution in [-0.4, -0.2) is 62.9 Å². The Hall–Kier alpha value is -2.73. The summed E-state index contributed by atoms with van der Waals surface area (Å²) in [5.41, 5.74) is 4.87. The first-order chi connectivity index (χ1) is 27.0. The lowest BCUT2D eigenvalue weighted by Gasteiger charge is -2.27. The Bertz CT molecular complexity index is 1190. The molecule has 1 aromatic carbocycles. The maximum Gasteiger partial charge on any atom is 0.207 e. The summed E-state index contributed by atoms with van der Waals surface area (Å²) in [6.45, 7) is 13.2. The van der Waals surface area contributed by atoms with Crippen molar-refractivity contribution < 1.29 is 23.9 Å². The minimum absolute atomic E-state index is 0.0785. The average Bonchev–Trinajstić information content (AvgIpc) is 3.21. The van der Waals surface area contributed by atoms with E-state index in [4.69, 9.17) is 14.2 Å². The zero-order valence-corrected chi connectivity index (χ0v) is 37.0. The van der Waals surface area contributed by atoms with Crippen molar-refractivity contribution in [1.82, 2.24) is 0 Å². The highest BCUT2D eigenvalue weighted by Gasteiger charge is 2.26. The number of rotatable bonds is 34. The Labute approximate surface area is 339 Å². The van der Waals surface area contributed by atoms with Crippen LogP contribution >= 0.6 is 0 Å². The second-order valence-electron chi connectivity index (χ2n) is 15.8. The predicted octanol–water partition coefficient (Wildman–Crippen LogP) is 13.3. The minimum Gasteiger partial charge on any atom is -0.496 e. The topological polar surface area (TPSA) is 54.2 Å². The van der Waals surface area contributed by atoms with Crippen molar-refractivity contribution in [3.05, 3.63) is 52.5 Å². The van der Waals surface area contributed by atoms with Gasteiger partial charge >= 0.3 is 0 Å². The van der Waals surface area contributed by atoms with Gasteiger partial charge in [0.15, 0.2) is 0 Å². The van der Waals surface area contributed by atoms with Crippen molar-refractivity contribution in [3.8, 4) is 5.75 Å². The van der Waals surface area contributed by atoms with Crippen LogP contribution in [0.1, 0.15) is 193 Å².